The van der Waals surface area contributed by atoms with E-state index in [1.54, 1.807) is 0 Å². The largest absolute Gasteiger partial charge is 0.348 e. The molecule has 1 unspecified atom stereocenters. The van der Waals surface area contributed by atoms with Gasteiger partial charge in [0.15, 0.2) is 17.9 Å². The number of ketones is 1. The third-order valence-electron chi connectivity index (χ3n) is 7.26. The van der Waals surface area contributed by atoms with Gasteiger partial charge in [-0.05, 0) is 47.0 Å². The molecule has 7 nitrogen and oxygen atoms in total. The molecule has 3 saturated heterocycles. The molecule has 3 fully saturated rings. The molecule has 1 aromatic rings. The number of rotatable bonds is 11. The van der Waals surface area contributed by atoms with Crippen LogP contribution in [0.3, 0.4) is 0 Å². The topological polar surface area (TPSA) is 63.2 Å². The summed E-state index contributed by atoms with van der Waals surface area (Å²) < 4.78 is 31.2. The Morgan fingerprint density at radius 1 is 0.943 bits per heavy atom. The van der Waals surface area contributed by atoms with Crippen LogP contribution in [0.2, 0.25) is 0 Å². The number of quaternary nitrogens is 1. The van der Waals surface area contributed by atoms with E-state index < -0.39 is 17.9 Å². The van der Waals surface area contributed by atoms with Gasteiger partial charge in [0.05, 0.1) is 33.4 Å². The summed E-state index contributed by atoms with van der Waals surface area (Å²) >= 11 is 0. The van der Waals surface area contributed by atoms with Gasteiger partial charge >= 0.3 is 0 Å². The highest BCUT2D eigenvalue weighted by Gasteiger charge is 2.58. The molecule has 1 aromatic carbocycles. The van der Waals surface area contributed by atoms with Crippen LogP contribution in [0.15, 0.2) is 30.3 Å². The average molecular weight is 491 g/mol. The Bertz CT molecular complexity index is 854. The normalized spacial score (nSPS) is 31.5. The lowest BCUT2D eigenvalue weighted by Crippen LogP contribution is -2.40. The van der Waals surface area contributed by atoms with Gasteiger partial charge in [-0.15, -0.1) is 0 Å². The molecule has 0 N–H and O–H groups in total. The minimum Gasteiger partial charge on any atom is -0.348 e. The fourth-order valence-electron chi connectivity index (χ4n) is 5.63. The van der Waals surface area contributed by atoms with Crippen molar-refractivity contribution in [2.75, 3.05) is 27.2 Å². The molecule has 35 heavy (non-hydrogen) atoms. The number of benzene rings is 1. The highest BCUT2D eigenvalue weighted by Crippen LogP contribution is 2.45. The summed E-state index contributed by atoms with van der Waals surface area (Å²) in [5.41, 5.74) is 1.36. The zero-order valence-electron chi connectivity index (χ0n) is 22.3. The van der Waals surface area contributed by atoms with Gasteiger partial charge < -0.3 is 28.2 Å². The SMILES string of the molecule is CC1(C)O[C@H]2O[C@H]([C@H]3COC(C)(C)O3)C(CC(=O)CCCCC[N+](C)(C)Cc3ccccc3)[C@H]2O1. The van der Waals surface area contributed by atoms with Crippen LogP contribution in [0.1, 0.15) is 65.4 Å². The van der Waals surface area contributed by atoms with Gasteiger partial charge in [-0.1, -0.05) is 30.3 Å². The van der Waals surface area contributed by atoms with Crippen molar-refractivity contribution in [3.05, 3.63) is 35.9 Å². The van der Waals surface area contributed by atoms with Gasteiger partial charge in [0.1, 0.15) is 24.5 Å². The molecule has 3 aliphatic rings. The molecule has 0 aliphatic carbocycles. The van der Waals surface area contributed by atoms with Crippen molar-refractivity contribution < 1.29 is 33.0 Å². The zero-order valence-corrected chi connectivity index (χ0v) is 22.3. The molecule has 7 heteroatoms. The summed E-state index contributed by atoms with van der Waals surface area (Å²) in [6.45, 7) is 10.1. The second-order valence-electron chi connectivity index (χ2n) is 12.0. The van der Waals surface area contributed by atoms with E-state index in [0.717, 1.165) is 36.8 Å². The second kappa shape index (κ2) is 10.6. The molecule has 3 heterocycles. The maximum absolute atomic E-state index is 13.0. The number of carbonyl (C=O) groups is 1. The summed E-state index contributed by atoms with van der Waals surface area (Å²) in [6.07, 6.45) is 2.85. The minimum atomic E-state index is -0.710. The van der Waals surface area contributed by atoms with Crippen LogP contribution in [-0.2, 0) is 35.0 Å². The number of hydrogen-bond acceptors (Lipinski definition) is 6. The molecular formula is C28H44NO6+. The Kier molecular flexibility index (Phi) is 8.06. The lowest BCUT2D eigenvalue weighted by molar-refractivity contribution is -0.903. The van der Waals surface area contributed by atoms with Crippen LogP contribution in [0.4, 0.5) is 0 Å². The number of Topliss-reactive ketones (excluding diaryl/α,β-unsaturated/α-hetero) is 1. The van der Waals surface area contributed by atoms with Crippen LogP contribution < -0.4 is 0 Å². The molecule has 4 rings (SSSR count). The van der Waals surface area contributed by atoms with E-state index in [2.05, 4.69) is 44.4 Å². The number of ether oxygens (including phenoxy) is 5. The lowest BCUT2D eigenvalue weighted by Gasteiger charge is -2.30. The highest BCUT2D eigenvalue weighted by molar-refractivity contribution is 5.78. The predicted octanol–water partition coefficient (Wildman–Crippen LogP) is 4.43. The average Bonchev–Trinajstić information content (AvgIpc) is 3.37. The molecule has 3 aliphatic heterocycles. The molecular weight excluding hydrogens is 446 g/mol. The molecule has 0 amide bonds. The minimum absolute atomic E-state index is 0.0988. The first-order valence-corrected chi connectivity index (χ1v) is 13.1. The first kappa shape index (κ1) is 26.7. The Morgan fingerprint density at radius 3 is 2.37 bits per heavy atom. The van der Waals surface area contributed by atoms with Gasteiger partial charge in [-0.25, -0.2) is 0 Å². The van der Waals surface area contributed by atoms with Crippen LogP contribution in [0.5, 0.6) is 0 Å². The predicted molar refractivity (Wildman–Crippen MR) is 132 cm³/mol. The third kappa shape index (κ3) is 7.12. The van der Waals surface area contributed by atoms with Crippen LogP contribution in [0, 0.1) is 5.92 Å². The van der Waals surface area contributed by atoms with Crippen molar-refractivity contribution in [3.63, 3.8) is 0 Å². The van der Waals surface area contributed by atoms with Crippen LogP contribution >= 0.6 is 0 Å². The summed E-state index contributed by atoms with van der Waals surface area (Å²) in [7, 11) is 4.55. The fraction of sp³-hybridized carbons (Fsp3) is 0.750. The summed E-state index contributed by atoms with van der Waals surface area (Å²) in [5.74, 6) is -1.20. The first-order chi connectivity index (χ1) is 16.4. The quantitative estimate of drug-likeness (QED) is 0.338. The van der Waals surface area contributed by atoms with Gasteiger partial charge in [-0.2, -0.15) is 0 Å². The van der Waals surface area contributed by atoms with E-state index in [1.807, 2.05) is 27.7 Å². The van der Waals surface area contributed by atoms with Crippen LogP contribution in [-0.4, -0.2) is 73.7 Å². The van der Waals surface area contributed by atoms with E-state index >= 15 is 0 Å². The van der Waals surface area contributed by atoms with Gasteiger partial charge in [-0.3, -0.25) is 4.79 Å². The maximum Gasteiger partial charge on any atom is 0.187 e. The summed E-state index contributed by atoms with van der Waals surface area (Å²) in [5, 5.41) is 0. The Hall–Kier alpha value is -1.35. The van der Waals surface area contributed by atoms with Crippen molar-refractivity contribution in [2.45, 2.75) is 103 Å². The number of carbonyl (C=O) groups excluding carboxylic acids is 1. The molecule has 5 atom stereocenters. The molecule has 0 saturated carbocycles. The number of unbranched alkanes of at least 4 members (excludes halogenated alkanes) is 2. The lowest BCUT2D eigenvalue weighted by atomic mass is 9.88. The van der Waals surface area contributed by atoms with E-state index in [0.29, 0.717) is 19.4 Å². The Labute approximate surface area is 210 Å². The Balaban J connectivity index is 1.24. The molecule has 0 radical (unpaired) electrons. The van der Waals surface area contributed by atoms with Crippen molar-refractivity contribution in [1.29, 1.82) is 0 Å². The number of hydrogen-bond donors (Lipinski definition) is 0. The zero-order chi connectivity index (χ0) is 25.3. The van der Waals surface area contributed by atoms with Crippen molar-refractivity contribution in [3.8, 4) is 0 Å². The summed E-state index contributed by atoms with van der Waals surface area (Å²) in [6, 6.07) is 10.6. The summed E-state index contributed by atoms with van der Waals surface area (Å²) in [4.78, 5) is 13.0. The van der Waals surface area contributed by atoms with Crippen molar-refractivity contribution in [1.82, 2.24) is 0 Å². The van der Waals surface area contributed by atoms with E-state index in [9.17, 15) is 4.79 Å². The third-order valence-corrected chi connectivity index (χ3v) is 7.26. The van der Waals surface area contributed by atoms with Gasteiger partial charge in [0.25, 0.3) is 0 Å². The van der Waals surface area contributed by atoms with Gasteiger partial charge in [0, 0.05) is 24.3 Å². The monoisotopic (exact) mass is 490 g/mol. The maximum atomic E-state index is 13.0. The second-order valence-corrected chi connectivity index (χ2v) is 12.0. The Morgan fingerprint density at radius 2 is 1.69 bits per heavy atom. The fourth-order valence-corrected chi connectivity index (χ4v) is 5.63. The smallest absolute Gasteiger partial charge is 0.187 e. The van der Waals surface area contributed by atoms with Crippen LogP contribution in [0.25, 0.3) is 0 Å². The highest BCUT2D eigenvalue weighted by atomic mass is 16.8. The molecule has 0 bridgehead atoms. The molecule has 0 spiro atoms. The van der Waals surface area contributed by atoms with Crippen molar-refractivity contribution >= 4 is 5.78 Å². The standard InChI is InChI=1S/C28H44NO6/c1-27(2)31-19-23(33-27)24-22(25-26(32-24)35-28(3,4)34-25)17-21(30)15-11-8-12-16-29(5,6)18-20-13-9-7-10-14-20/h7,9-10,13-14,22-26H,8,11-12,15-19H2,1-6H3/q+1/t22?,23-,24+,25-,26-/m1/s1. The van der Waals surface area contributed by atoms with E-state index in [4.69, 9.17) is 23.7 Å². The molecule has 0 aromatic heterocycles. The van der Waals surface area contributed by atoms with E-state index in [-0.39, 0.29) is 30.0 Å². The number of fused-ring (bicyclic) bond motifs is 1. The first-order valence-electron chi connectivity index (χ1n) is 13.1. The van der Waals surface area contributed by atoms with Crippen molar-refractivity contribution in [2.24, 2.45) is 5.92 Å². The van der Waals surface area contributed by atoms with Gasteiger partial charge in [0.2, 0.25) is 0 Å². The number of nitrogens with zero attached hydrogens (tertiary/aromatic N) is 1. The van der Waals surface area contributed by atoms with E-state index in [1.165, 1.54) is 5.56 Å². The molecule has 196 valence electrons.